The van der Waals surface area contributed by atoms with Crippen LogP contribution in [0.25, 0.3) is 16.8 Å². The van der Waals surface area contributed by atoms with Crippen LogP contribution < -0.4 is 0 Å². The molecular weight excluding hydrogens is 362 g/mol. The van der Waals surface area contributed by atoms with Crippen LogP contribution in [0.2, 0.25) is 0 Å². The second kappa shape index (κ2) is 10.9. The standard InChI is InChI=1S/C29H35N/c1-22(2)12-10-13-23(3)14-11-15-24(4)20-21-29-27-18-9-8-16-25(27)26-17-6-5-7-19-28(26)30-29/h5-9,12,14,16-18,20H,10-11,13,15,19,21H2,1-4H3/b23-14?,24-20+. The summed E-state index contributed by atoms with van der Waals surface area (Å²) in [5, 5.41) is 2.60. The second-order valence-corrected chi connectivity index (χ2v) is 8.62. The fourth-order valence-corrected chi connectivity index (χ4v) is 3.93. The fourth-order valence-electron chi connectivity index (χ4n) is 3.93. The minimum Gasteiger partial charge on any atom is -0.256 e. The van der Waals surface area contributed by atoms with Crippen molar-refractivity contribution in [2.75, 3.05) is 0 Å². The van der Waals surface area contributed by atoms with Crippen LogP contribution >= 0.6 is 0 Å². The van der Waals surface area contributed by atoms with E-state index in [2.05, 4.69) is 94.5 Å². The molecule has 0 N–H and O–H groups in total. The van der Waals surface area contributed by atoms with Gasteiger partial charge in [0.05, 0.1) is 11.4 Å². The summed E-state index contributed by atoms with van der Waals surface area (Å²) in [5.74, 6) is 0. The molecule has 1 aromatic carbocycles. The smallest absolute Gasteiger partial charge is 0.0523 e. The van der Waals surface area contributed by atoms with Crippen LogP contribution in [-0.4, -0.2) is 4.98 Å². The van der Waals surface area contributed by atoms with Crippen LogP contribution in [0.1, 0.15) is 70.3 Å². The molecule has 2 aromatic rings. The molecule has 1 heteroatoms. The van der Waals surface area contributed by atoms with Crippen molar-refractivity contribution in [1.82, 2.24) is 4.98 Å². The zero-order valence-corrected chi connectivity index (χ0v) is 19.0. The molecule has 0 unspecified atom stereocenters. The number of pyridine rings is 1. The number of benzene rings is 1. The van der Waals surface area contributed by atoms with Crippen LogP contribution in [0.5, 0.6) is 0 Å². The predicted molar refractivity (Wildman–Crippen MR) is 133 cm³/mol. The van der Waals surface area contributed by atoms with E-state index in [1.54, 1.807) is 0 Å². The number of fused-ring (bicyclic) bond motifs is 3. The number of nitrogens with zero attached hydrogens (tertiary/aromatic N) is 1. The molecule has 0 amide bonds. The molecule has 0 saturated heterocycles. The molecule has 156 valence electrons. The molecule has 30 heavy (non-hydrogen) atoms. The van der Waals surface area contributed by atoms with Crippen molar-refractivity contribution in [2.24, 2.45) is 0 Å². The van der Waals surface area contributed by atoms with Crippen molar-refractivity contribution >= 4 is 16.8 Å². The van der Waals surface area contributed by atoms with E-state index in [1.807, 2.05) is 0 Å². The fraction of sp³-hybridized carbons (Fsp3) is 0.345. The lowest BCUT2D eigenvalue weighted by Crippen LogP contribution is -2.00. The first-order valence-electron chi connectivity index (χ1n) is 11.2. The Kier molecular flexibility index (Phi) is 8.02. The first-order valence-corrected chi connectivity index (χ1v) is 11.2. The van der Waals surface area contributed by atoms with E-state index in [-0.39, 0.29) is 0 Å². The molecule has 0 fully saturated rings. The average Bonchev–Trinajstić information content (AvgIpc) is 2.97. The maximum absolute atomic E-state index is 5.07. The molecule has 1 heterocycles. The van der Waals surface area contributed by atoms with Gasteiger partial charge < -0.3 is 0 Å². The highest BCUT2D eigenvalue weighted by Gasteiger charge is 2.11. The van der Waals surface area contributed by atoms with Gasteiger partial charge in [0.1, 0.15) is 0 Å². The summed E-state index contributed by atoms with van der Waals surface area (Å²) in [6, 6.07) is 8.70. The van der Waals surface area contributed by atoms with Crippen LogP contribution in [0.4, 0.5) is 0 Å². The summed E-state index contributed by atoms with van der Waals surface area (Å²) in [6.45, 7) is 8.85. The van der Waals surface area contributed by atoms with Crippen molar-refractivity contribution in [3.8, 4) is 0 Å². The van der Waals surface area contributed by atoms with Gasteiger partial charge in [0.15, 0.2) is 0 Å². The van der Waals surface area contributed by atoms with Gasteiger partial charge in [0.25, 0.3) is 0 Å². The third-order valence-electron chi connectivity index (χ3n) is 5.70. The van der Waals surface area contributed by atoms with Crippen molar-refractivity contribution in [3.63, 3.8) is 0 Å². The van der Waals surface area contributed by atoms with E-state index in [0.717, 1.165) is 32.1 Å². The lowest BCUT2D eigenvalue weighted by molar-refractivity contribution is 0.912. The second-order valence-electron chi connectivity index (χ2n) is 8.62. The Labute approximate surface area is 182 Å². The van der Waals surface area contributed by atoms with E-state index in [0.29, 0.717) is 0 Å². The third kappa shape index (κ3) is 6.16. The summed E-state index contributed by atoms with van der Waals surface area (Å²) in [7, 11) is 0. The lowest BCUT2D eigenvalue weighted by atomic mass is 9.98. The van der Waals surface area contributed by atoms with Crippen LogP contribution in [0, 0.1) is 0 Å². The summed E-state index contributed by atoms with van der Waals surface area (Å²) >= 11 is 0. The first kappa shape index (κ1) is 22.0. The van der Waals surface area contributed by atoms with Gasteiger partial charge in [0.2, 0.25) is 0 Å². The molecule has 0 saturated carbocycles. The highest BCUT2D eigenvalue weighted by molar-refractivity contribution is 5.93. The van der Waals surface area contributed by atoms with E-state index >= 15 is 0 Å². The molecular formula is C29H35N. The zero-order valence-electron chi connectivity index (χ0n) is 19.0. The topological polar surface area (TPSA) is 12.9 Å². The molecule has 1 aliphatic carbocycles. The van der Waals surface area contributed by atoms with Gasteiger partial charge in [-0.15, -0.1) is 0 Å². The number of hydrogen-bond donors (Lipinski definition) is 0. The lowest BCUT2D eigenvalue weighted by Gasteiger charge is -2.12. The van der Waals surface area contributed by atoms with Crippen LogP contribution in [-0.2, 0) is 12.8 Å². The van der Waals surface area contributed by atoms with Crippen LogP contribution in [0.3, 0.4) is 0 Å². The maximum atomic E-state index is 5.07. The van der Waals surface area contributed by atoms with Crippen molar-refractivity contribution in [3.05, 3.63) is 94.4 Å². The summed E-state index contributed by atoms with van der Waals surface area (Å²) in [4.78, 5) is 5.07. The first-order chi connectivity index (χ1) is 14.5. The predicted octanol–water partition coefficient (Wildman–Crippen LogP) is 8.32. The minimum atomic E-state index is 0.899. The zero-order chi connectivity index (χ0) is 21.3. The average molecular weight is 398 g/mol. The monoisotopic (exact) mass is 397 g/mol. The molecule has 0 radical (unpaired) electrons. The van der Waals surface area contributed by atoms with Gasteiger partial charge in [-0.3, -0.25) is 4.98 Å². The van der Waals surface area contributed by atoms with Gasteiger partial charge in [0, 0.05) is 23.8 Å². The molecule has 3 rings (SSSR count). The van der Waals surface area contributed by atoms with Gasteiger partial charge in [-0.1, -0.05) is 83.5 Å². The van der Waals surface area contributed by atoms with Gasteiger partial charge in [-0.2, -0.15) is 0 Å². The van der Waals surface area contributed by atoms with Gasteiger partial charge in [-0.25, -0.2) is 0 Å². The molecule has 0 bridgehead atoms. The Morgan fingerprint density at radius 1 is 0.867 bits per heavy atom. The quantitative estimate of drug-likeness (QED) is 0.408. The molecule has 1 aliphatic rings. The summed E-state index contributed by atoms with van der Waals surface area (Å²) in [5.41, 5.74) is 8.01. The van der Waals surface area contributed by atoms with Crippen molar-refractivity contribution in [1.29, 1.82) is 0 Å². The Morgan fingerprint density at radius 3 is 2.33 bits per heavy atom. The molecule has 0 aliphatic heterocycles. The number of aromatic nitrogens is 1. The van der Waals surface area contributed by atoms with E-state index in [4.69, 9.17) is 4.98 Å². The van der Waals surface area contributed by atoms with E-state index in [9.17, 15) is 0 Å². The Balaban J connectivity index is 1.68. The van der Waals surface area contributed by atoms with Crippen molar-refractivity contribution < 1.29 is 0 Å². The largest absolute Gasteiger partial charge is 0.256 e. The minimum absolute atomic E-state index is 0.899. The molecule has 0 spiro atoms. The number of rotatable bonds is 8. The maximum Gasteiger partial charge on any atom is 0.0523 e. The third-order valence-corrected chi connectivity index (χ3v) is 5.70. The molecule has 0 atom stereocenters. The summed E-state index contributed by atoms with van der Waals surface area (Å²) < 4.78 is 0. The molecule has 1 nitrogen and oxygen atoms in total. The SMILES string of the molecule is CC(C)=CCCC(C)=CCC/C(C)=C/Cc1nc2c(c3ccccc13)C=CC=CC2. The van der Waals surface area contributed by atoms with E-state index < -0.39 is 0 Å². The van der Waals surface area contributed by atoms with Crippen molar-refractivity contribution in [2.45, 2.75) is 66.2 Å². The van der Waals surface area contributed by atoms with Gasteiger partial charge in [-0.05, 0) is 58.8 Å². The Bertz CT molecular complexity index is 1020. The number of allylic oxidation sites excluding steroid dienone is 9. The normalized spacial score (nSPS) is 14.0. The Hall–Kier alpha value is -2.67. The molecule has 1 aromatic heterocycles. The van der Waals surface area contributed by atoms with Gasteiger partial charge >= 0.3 is 0 Å². The Morgan fingerprint density at radius 2 is 1.57 bits per heavy atom. The highest BCUT2D eigenvalue weighted by atomic mass is 14.7. The van der Waals surface area contributed by atoms with Crippen LogP contribution in [0.15, 0.2) is 77.4 Å². The highest BCUT2D eigenvalue weighted by Crippen LogP contribution is 2.27. The van der Waals surface area contributed by atoms with E-state index in [1.165, 1.54) is 50.9 Å². The summed E-state index contributed by atoms with van der Waals surface area (Å²) in [6.07, 6.45) is 22.1. The number of hydrogen-bond acceptors (Lipinski definition) is 1.